The monoisotopic (exact) mass is 389 g/mol. The Morgan fingerprint density at radius 1 is 1.46 bits per heavy atom. The zero-order valence-corrected chi connectivity index (χ0v) is 14.8. The van der Waals surface area contributed by atoms with Crippen molar-refractivity contribution in [3.8, 4) is 5.75 Å². The van der Waals surface area contributed by atoms with Crippen LogP contribution >= 0.6 is 0 Å². The molecule has 2 aromatic heterocycles. The SMILES string of the molecule is C[C@@]1(O)CCC[C@H]1n1c(=O)c(OC(F)F)cc2cnc(S(C)(=O)=O)nc21. The van der Waals surface area contributed by atoms with Crippen molar-refractivity contribution in [2.24, 2.45) is 0 Å². The topological polar surface area (TPSA) is 111 Å². The van der Waals surface area contributed by atoms with Crippen LogP contribution in [-0.2, 0) is 9.84 Å². The molecule has 0 amide bonds. The molecule has 1 fully saturated rings. The van der Waals surface area contributed by atoms with E-state index in [-0.39, 0.29) is 11.0 Å². The Hall–Kier alpha value is -2.14. The zero-order chi connectivity index (χ0) is 19.3. The van der Waals surface area contributed by atoms with Crippen LogP contribution < -0.4 is 10.3 Å². The lowest BCUT2D eigenvalue weighted by Crippen LogP contribution is -2.38. The summed E-state index contributed by atoms with van der Waals surface area (Å²) in [5, 5.41) is 10.2. The van der Waals surface area contributed by atoms with Gasteiger partial charge in [0.1, 0.15) is 5.65 Å². The Balaban J connectivity index is 2.35. The molecule has 0 bridgehead atoms. The third-order valence-electron chi connectivity index (χ3n) is 4.46. The van der Waals surface area contributed by atoms with Gasteiger partial charge in [0.05, 0.1) is 11.6 Å². The highest BCUT2D eigenvalue weighted by Gasteiger charge is 2.40. The molecule has 1 aliphatic carbocycles. The zero-order valence-electron chi connectivity index (χ0n) is 14.0. The van der Waals surface area contributed by atoms with Crippen molar-refractivity contribution in [3.05, 3.63) is 22.6 Å². The fourth-order valence-electron chi connectivity index (χ4n) is 3.27. The molecule has 1 N–H and O–H groups in total. The average molecular weight is 389 g/mol. The smallest absolute Gasteiger partial charge is 0.387 e. The number of hydrogen-bond donors (Lipinski definition) is 1. The second-order valence-corrected chi connectivity index (χ2v) is 8.44. The van der Waals surface area contributed by atoms with Crippen molar-refractivity contribution in [3.63, 3.8) is 0 Å². The van der Waals surface area contributed by atoms with Crippen LogP contribution in [0.1, 0.15) is 32.2 Å². The Morgan fingerprint density at radius 3 is 2.69 bits per heavy atom. The molecule has 26 heavy (non-hydrogen) atoms. The lowest BCUT2D eigenvalue weighted by Gasteiger charge is -2.28. The van der Waals surface area contributed by atoms with Crippen LogP contribution in [-0.4, -0.2) is 46.5 Å². The van der Waals surface area contributed by atoms with Crippen molar-refractivity contribution in [1.82, 2.24) is 14.5 Å². The predicted molar refractivity (Wildman–Crippen MR) is 87.1 cm³/mol. The maximum atomic E-state index is 12.7. The van der Waals surface area contributed by atoms with Gasteiger partial charge < -0.3 is 9.84 Å². The van der Waals surface area contributed by atoms with E-state index in [1.807, 2.05) is 0 Å². The van der Waals surface area contributed by atoms with Crippen molar-refractivity contribution >= 4 is 20.9 Å². The Bertz CT molecular complexity index is 1020. The first-order chi connectivity index (χ1) is 12.0. The van der Waals surface area contributed by atoms with Crippen LogP contribution in [0.5, 0.6) is 5.75 Å². The normalized spacial score (nSPS) is 23.7. The number of aromatic nitrogens is 3. The fourth-order valence-corrected chi connectivity index (χ4v) is 3.76. The van der Waals surface area contributed by atoms with Gasteiger partial charge in [0.15, 0.2) is 5.75 Å². The van der Waals surface area contributed by atoms with Crippen LogP contribution in [0.3, 0.4) is 0 Å². The molecule has 1 aliphatic rings. The molecule has 11 heteroatoms. The summed E-state index contributed by atoms with van der Waals surface area (Å²) in [7, 11) is -3.76. The van der Waals surface area contributed by atoms with Crippen molar-refractivity contribution in [2.45, 2.75) is 49.6 Å². The fraction of sp³-hybridized carbons (Fsp3) is 0.533. The van der Waals surface area contributed by atoms with Gasteiger partial charge in [-0.05, 0) is 32.3 Å². The maximum Gasteiger partial charge on any atom is 0.387 e. The van der Waals surface area contributed by atoms with Gasteiger partial charge in [-0.25, -0.2) is 13.4 Å². The molecule has 1 saturated carbocycles. The number of halogens is 2. The Kier molecular flexibility index (Phi) is 4.47. The molecule has 0 saturated heterocycles. The van der Waals surface area contributed by atoms with Gasteiger partial charge >= 0.3 is 6.61 Å². The molecular weight excluding hydrogens is 372 g/mol. The van der Waals surface area contributed by atoms with Gasteiger partial charge in [-0.2, -0.15) is 13.8 Å². The molecule has 0 spiro atoms. The van der Waals surface area contributed by atoms with E-state index in [1.54, 1.807) is 0 Å². The van der Waals surface area contributed by atoms with Gasteiger partial charge in [-0.15, -0.1) is 0 Å². The minimum absolute atomic E-state index is 0.0563. The molecule has 8 nitrogen and oxygen atoms in total. The summed E-state index contributed by atoms with van der Waals surface area (Å²) in [5.74, 6) is -0.620. The second kappa shape index (κ2) is 6.23. The third kappa shape index (κ3) is 3.28. The average Bonchev–Trinajstić information content (AvgIpc) is 2.85. The number of pyridine rings is 1. The predicted octanol–water partition coefficient (Wildman–Crippen LogP) is 1.27. The lowest BCUT2D eigenvalue weighted by atomic mass is 10.00. The van der Waals surface area contributed by atoms with E-state index in [1.165, 1.54) is 6.92 Å². The van der Waals surface area contributed by atoms with E-state index in [9.17, 15) is 27.1 Å². The van der Waals surface area contributed by atoms with Gasteiger partial charge in [0, 0.05) is 17.8 Å². The molecule has 142 valence electrons. The minimum atomic E-state index is -3.76. The summed E-state index contributed by atoms with van der Waals surface area (Å²) in [4.78, 5) is 20.4. The van der Waals surface area contributed by atoms with Gasteiger partial charge in [-0.1, -0.05) is 0 Å². The van der Waals surface area contributed by atoms with E-state index in [0.717, 1.165) is 23.1 Å². The number of hydrogen-bond acceptors (Lipinski definition) is 7. The van der Waals surface area contributed by atoms with E-state index < -0.39 is 44.6 Å². The minimum Gasteiger partial charge on any atom is -0.429 e. The Labute approximate surface area is 147 Å². The number of ether oxygens (including phenoxy) is 1. The van der Waals surface area contributed by atoms with E-state index >= 15 is 0 Å². The second-order valence-electron chi connectivity index (χ2n) is 6.53. The summed E-state index contributed by atoms with van der Waals surface area (Å²) in [5.41, 5.74) is -2.25. The molecule has 0 aliphatic heterocycles. The molecule has 2 heterocycles. The first-order valence-corrected chi connectivity index (χ1v) is 9.69. The highest BCUT2D eigenvalue weighted by Crippen LogP contribution is 2.39. The van der Waals surface area contributed by atoms with Crippen LogP contribution in [0.15, 0.2) is 22.2 Å². The molecule has 3 rings (SSSR count). The lowest BCUT2D eigenvalue weighted by molar-refractivity contribution is -0.0513. The number of aliphatic hydroxyl groups is 1. The molecular formula is C15H17F2N3O5S. The first kappa shape index (κ1) is 18.6. The van der Waals surface area contributed by atoms with Gasteiger partial charge in [-0.3, -0.25) is 9.36 Å². The van der Waals surface area contributed by atoms with Crippen LogP contribution in [0.4, 0.5) is 8.78 Å². The summed E-state index contributed by atoms with van der Waals surface area (Å²) < 4.78 is 54.1. The summed E-state index contributed by atoms with van der Waals surface area (Å²) in [6.45, 7) is -1.68. The maximum absolute atomic E-state index is 12.7. The van der Waals surface area contributed by atoms with E-state index in [4.69, 9.17) is 0 Å². The largest absolute Gasteiger partial charge is 0.429 e. The first-order valence-electron chi connectivity index (χ1n) is 7.80. The molecule has 2 aromatic rings. The van der Waals surface area contributed by atoms with Crippen molar-refractivity contribution in [1.29, 1.82) is 0 Å². The number of alkyl halides is 2. The molecule has 0 radical (unpaired) electrons. The third-order valence-corrected chi connectivity index (χ3v) is 5.32. The summed E-state index contributed by atoms with van der Waals surface area (Å²) in [6.07, 6.45) is 3.44. The van der Waals surface area contributed by atoms with Gasteiger partial charge in [0.2, 0.25) is 15.0 Å². The quantitative estimate of drug-likeness (QED) is 0.784. The highest BCUT2D eigenvalue weighted by molar-refractivity contribution is 7.90. The van der Waals surface area contributed by atoms with Crippen LogP contribution in [0.25, 0.3) is 11.0 Å². The number of nitrogens with zero attached hydrogens (tertiary/aromatic N) is 3. The highest BCUT2D eigenvalue weighted by atomic mass is 32.2. The number of fused-ring (bicyclic) bond motifs is 1. The van der Waals surface area contributed by atoms with Crippen LogP contribution in [0.2, 0.25) is 0 Å². The Morgan fingerprint density at radius 2 is 2.15 bits per heavy atom. The number of sulfone groups is 1. The van der Waals surface area contributed by atoms with Crippen LogP contribution in [0, 0.1) is 0 Å². The molecule has 2 atom stereocenters. The van der Waals surface area contributed by atoms with Crippen molar-refractivity contribution in [2.75, 3.05) is 6.26 Å². The summed E-state index contributed by atoms with van der Waals surface area (Å²) in [6, 6.07) is 0.275. The van der Waals surface area contributed by atoms with Gasteiger partial charge in [0.25, 0.3) is 5.56 Å². The van der Waals surface area contributed by atoms with E-state index in [2.05, 4.69) is 14.7 Å². The molecule has 0 aromatic carbocycles. The summed E-state index contributed by atoms with van der Waals surface area (Å²) >= 11 is 0. The molecule has 0 unspecified atom stereocenters. The van der Waals surface area contributed by atoms with E-state index in [0.29, 0.717) is 19.3 Å². The number of rotatable bonds is 4. The standard InChI is InChI=1S/C15H17F2N3O5S/c1-15(22)5-3-4-10(15)20-11-8(6-9(12(20)21)25-13(16)17)7-18-14(19-11)26(2,23)24/h6-7,10,13,22H,3-5H2,1-2H3/t10-,15-/m1/s1. The van der Waals surface area contributed by atoms with Crippen molar-refractivity contribution < 1.29 is 27.0 Å².